The van der Waals surface area contributed by atoms with Gasteiger partial charge in [-0.1, -0.05) is 0 Å². The molecule has 0 unspecified atom stereocenters. The first-order chi connectivity index (χ1) is 10.9. The van der Waals surface area contributed by atoms with E-state index in [9.17, 15) is 13.2 Å². The summed E-state index contributed by atoms with van der Waals surface area (Å²) < 4.78 is 33.5. The number of amides is 2. The minimum absolute atomic E-state index is 0.116. The van der Waals surface area contributed by atoms with Gasteiger partial charge in [-0.2, -0.15) is 0 Å². The average molecular weight is 342 g/mol. The third kappa shape index (κ3) is 6.07. The predicted octanol–water partition coefficient (Wildman–Crippen LogP) is 0.947. The van der Waals surface area contributed by atoms with Gasteiger partial charge in [0.1, 0.15) is 12.4 Å². The Balaban J connectivity index is 1.62. The van der Waals surface area contributed by atoms with Crippen LogP contribution in [0.4, 0.5) is 4.79 Å². The summed E-state index contributed by atoms with van der Waals surface area (Å²) >= 11 is 0. The van der Waals surface area contributed by atoms with Gasteiger partial charge in [-0.05, 0) is 37.1 Å². The van der Waals surface area contributed by atoms with Crippen LogP contribution in [0.3, 0.4) is 0 Å². The number of nitrogens with one attached hydrogen (secondary N) is 2. The molecule has 128 valence electrons. The number of carbonyl (C=O) groups is 1. The summed E-state index contributed by atoms with van der Waals surface area (Å²) in [5.74, 6) is 0.555. The van der Waals surface area contributed by atoms with Crippen LogP contribution in [0.5, 0.6) is 5.75 Å². The first-order valence-electron chi connectivity index (χ1n) is 7.51. The van der Waals surface area contributed by atoms with Crippen LogP contribution in [0.15, 0.2) is 29.2 Å². The zero-order valence-corrected chi connectivity index (χ0v) is 13.9. The maximum Gasteiger partial charge on any atom is 0.315 e. The Bertz CT molecular complexity index is 609. The normalized spacial score (nSPS) is 17.7. The van der Waals surface area contributed by atoms with Gasteiger partial charge in [0.15, 0.2) is 9.84 Å². The molecular weight excluding hydrogens is 320 g/mol. The van der Waals surface area contributed by atoms with Gasteiger partial charge in [0.2, 0.25) is 0 Å². The Morgan fingerprint density at radius 1 is 1.30 bits per heavy atom. The van der Waals surface area contributed by atoms with Crippen LogP contribution in [0.25, 0.3) is 0 Å². The Labute approximate surface area is 136 Å². The molecule has 1 saturated heterocycles. The van der Waals surface area contributed by atoms with E-state index >= 15 is 0 Å². The summed E-state index contributed by atoms with van der Waals surface area (Å²) in [7, 11) is -3.20. The van der Waals surface area contributed by atoms with Crippen molar-refractivity contribution in [1.29, 1.82) is 0 Å². The molecule has 1 aliphatic heterocycles. The zero-order chi connectivity index (χ0) is 16.7. The molecule has 8 heteroatoms. The molecule has 2 N–H and O–H groups in total. The van der Waals surface area contributed by atoms with E-state index in [1.165, 1.54) is 12.1 Å². The van der Waals surface area contributed by atoms with Crippen molar-refractivity contribution in [3.05, 3.63) is 24.3 Å². The van der Waals surface area contributed by atoms with Gasteiger partial charge < -0.3 is 20.1 Å². The molecule has 0 aromatic heterocycles. The summed E-state index contributed by atoms with van der Waals surface area (Å²) in [5, 5.41) is 5.44. The van der Waals surface area contributed by atoms with Crippen molar-refractivity contribution in [3.63, 3.8) is 0 Å². The molecule has 2 amide bonds. The molecule has 1 aromatic rings. The number of benzene rings is 1. The molecule has 0 radical (unpaired) electrons. The Hall–Kier alpha value is -1.80. The molecule has 0 spiro atoms. The van der Waals surface area contributed by atoms with E-state index in [2.05, 4.69) is 10.6 Å². The van der Waals surface area contributed by atoms with Crippen LogP contribution in [0.2, 0.25) is 0 Å². The van der Waals surface area contributed by atoms with Crippen LogP contribution in [0, 0.1) is 0 Å². The van der Waals surface area contributed by atoms with E-state index in [1.54, 1.807) is 12.1 Å². The molecule has 7 nitrogen and oxygen atoms in total. The molecular formula is C15H22N2O5S. The number of urea groups is 1. The highest BCUT2D eigenvalue weighted by Crippen LogP contribution is 2.15. The first-order valence-corrected chi connectivity index (χ1v) is 9.40. The van der Waals surface area contributed by atoms with Crippen molar-refractivity contribution in [2.24, 2.45) is 0 Å². The molecule has 1 fully saturated rings. The van der Waals surface area contributed by atoms with Crippen molar-refractivity contribution in [2.45, 2.75) is 23.8 Å². The van der Waals surface area contributed by atoms with Gasteiger partial charge in [0.05, 0.1) is 17.5 Å². The highest BCUT2D eigenvalue weighted by Gasteiger charge is 2.15. The molecule has 1 atom stereocenters. The molecule has 0 bridgehead atoms. The van der Waals surface area contributed by atoms with E-state index in [-0.39, 0.29) is 17.0 Å². The minimum Gasteiger partial charge on any atom is -0.492 e. The molecule has 2 rings (SSSR count). The van der Waals surface area contributed by atoms with Gasteiger partial charge in [-0.15, -0.1) is 0 Å². The van der Waals surface area contributed by atoms with E-state index in [0.29, 0.717) is 25.4 Å². The van der Waals surface area contributed by atoms with E-state index in [1.807, 2.05) is 0 Å². The number of rotatable bonds is 7. The third-order valence-corrected chi connectivity index (χ3v) is 4.55. The highest BCUT2D eigenvalue weighted by molar-refractivity contribution is 7.90. The summed E-state index contributed by atoms with van der Waals surface area (Å²) in [5.41, 5.74) is 0. The fourth-order valence-electron chi connectivity index (χ4n) is 2.19. The zero-order valence-electron chi connectivity index (χ0n) is 13.1. The molecule has 0 aliphatic carbocycles. The van der Waals surface area contributed by atoms with E-state index < -0.39 is 9.84 Å². The Morgan fingerprint density at radius 2 is 2.04 bits per heavy atom. The second kappa shape index (κ2) is 8.16. The number of hydrogen-bond donors (Lipinski definition) is 2. The van der Waals surface area contributed by atoms with Gasteiger partial charge in [-0.25, -0.2) is 13.2 Å². The molecule has 1 aliphatic rings. The molecule has 23 heavy (non-hydrogen) atoms. The number of carbonyl (C=O) groups excluding carboxylic acids is 1. The summed E-state index contributed by atoms with van der Waals surface area (Å²) in [6.07, 6.45) is 3.29. The largest absolute Gasteiger partial charge is 0.492 e. The number of sulfone groups is 1. The third-order valence-electron chi connectivity index (χ3n) is 3.42. The van der Waals surface area contributed by atoms with Crippen molar-refractivity contribution in [2.75, 3.05) is 32.6 Å². The highest BCUT2D eigenvalue weighted by atomic mass is 32.2. The van der Waals surface area contributed by atoms with Gasteiger partial charge in [0, 0.05) is 19.4 Å². The van der Waals surface area contributed by atoms with Crippen molar-refractivity contribution in [1.82, 2.24) is 10.6 Å². The predicted molar refractivity (Wildman–Crippen MR) is 85.4 cm³/mol. The summed E-state index contributed by atoms with van der Waals surface area (Å²) in [4.78, 5) is 11.8. The fourth-order valence-corrected chi connectivity index (χ4v) is 2.82. The number of hydrogen-bond acceptors (Lipinski definition) is 5. The maximum absolute atomic E-state index is 11.6. The fraction of sp³-hybridized carbons (Fsp3) is 0.533. The lowest BCUT2D eigenvalue weighted by atomic mass is 10.2. The van der Waals surface area contributed by atoms with Crippen molar-refractivity contribution < 1.29 is 22.7 Å². The average Bonchev–Trinajstić information content (AvgIpc) is 3.02. The monoisotopic (exact) mass is 342 g/mol. The smallest absolute Gasteiger partial charge is 0.315 e. The Kier molecular flexibility index (Phi) is 6.23. The van der Waals surface area contributed by atoms with Crippen LogP contribution in [0.1, 0.15) is 12.8 Å². The standard InChI is InChI=1S/C15H22N2O5S/c1-23(19,20)14-6-4-12(5-7-14)22-10-8-16-15(18)17-11-13-3-2-9-21-13/h4-7,13H,2-3,8-11H2,1H3,(H2,16,17,18)/t13-/m0/s1. The van der Waals surface area contributed by atoms with Crippen molar-refractivity contribution >= 4 is 15.9 Å². The van der Waals surface area contributed by atoms with Gasteiger partial charge >= 0.3 is 6.03 Å². The molecule has 1 heterocycles. The van der Waals surface area contributed by atoms with E-state index in [0.717, 1.165) is 25.7 Å². The number of ether oxygens (including phenoxy) is 2. The first kappa shape index (κ1) is 17.6. The van der Waals surface area contributed by atoms with Crippen LogP contribution in [-0.2, 0) is 14.6 Å². The lowest BCUT2D eigenvalue weighted by Crippen LogP contribution is -2.41. The second-order valence-corrected chi connectivity index (χ2v) is 7.38. The topological polar surface area (TPSA) is 93.7 Å². The molecule has 0 saturated carbocycles. The van der Waals surface area contributed by atoms with Gasteiger partial charge in [-0.3, -0.25) is 0 Å². The van der Waals surface area contributed by atoms with Crippen LogP contribution in [-0.4, -0.2) is 53.1 Å². The SMILES string of the molecule is CS(=O)(=O)c1ccc(OCCNC(=O)NC[C@@H]2CCCO2)cc1. The summed E-state index contributed by atoms with van der Waals surface area (Å²) in [6.45, 7) is 1.93. The Morgan fingerprint density at radius 3 is 2.65 bits per heavy atom. The van der Waals surface area contributed by atoms with E-state index in [4.69, 9.17) is 9.47 Å². The maximum atomic E-state index is 11.6. The van der Waals surface area contributed by atoms with Crippen molar-refractivity contribution in [3.8, 4) is 5.75 Å². The van der Waals surface area contributed by atoms with Crippen LogP contribution >= 0.6 is 0 Å². The minimum atomic E-state index is -3.20. The second-order valence-electron chi connectivity index (χ2n) is 5.36. The van der Waals surface area contributed by atoms with Crippen LogP contribution < -0.4 is 15.4 Å². The van der Waals surface area contributed by atoms with Gasteiger partial charge in [0.25, 0.3) is 0 Å². The molecule has 1 aromatic carbocycles. The summed E-state index contributed by atoms with van der Waals surface area (Å²) in [6, 6.07) is 5.91. The lowest BCUT2D eigenvalue weighted by molar-refractivity contribution is 0.111. The quantitative estimate of drug-likeness (QED) is 0.720. The lowest BCUT2D eigenvalue weighted by Gasteiger charge is -2.12.